The number of aliphatic hydroxyl groups excluding tert-OH is 2. The normalized spacial score (nSPS) is 19.5. The summed E-state index contributed by atoms with van der Waals surface area (Å²) in [5.41, 5.74) is 0.197. The molecule has 4 rings (SSSR count). The van der Waals surface area contributed by atoms with Gasteiger partial charge in [-0.15, -0.1) is 0 Å². The van der Waals surface area contributed by atoms with Crippen LogP contribution in [0.4, 0.5) is 29.7 Å². The van der Waals surface area contributed by atoms with E-state index in [1.54, 1.807) is 0 Å². The molecule has 2 aliphatic rings. The summed E-state index contributed by atoms with van der Waals surface area (Å²) in [6.07, 6.45) is -4.48. The van der Waals surface area contributed by atoms with Crippen LogP contribution in [0, 0.1) is 11.6 Å². The van der Waals surface area contributed by atoms with Gasteiger partial charge in [0.05, 0.1) is 44.2 Å². The maximum atomic E-state index is 15.1. The lowest BCUT2D eigenvalue weighted by molar-refractivity contribution is -0.131. The zero-order chi connectivity index (χ0) is 28.3. The maximum absolute atomic E-state index is 15.1. The predicted molar refractivity (Wildman–Crippen MR) is 132 cm³/mol. The Kier molecular flexibility index (Phi) is 8.26. The third-order valence-corrected chi connectivity index (χ3v) is 6.13. The van der Waals surface area contributed by atoms with Crippen molar-refractivity contribution in [1.29, 1.82) is 0 Å². The van der Waals surface area contributed by atoms with E-state index in [1.165, 1.54) is 36.1 Å². The first-order valence-corrected chi connectivity index (χ1v) is 11.9. The number of halogens is 2. The molecule has 0 saturated carbocycles. The molecule has 208 valence electrons. The van der Waals surface area contributed by atoms with E-state index in [1.807, 2.05) is 0 Å². The van der Waals surface area contributed by atoms with Crippen molar-refractivity contribution in [2.75, 3.05) is 42.6 Å². The van der Waals surface area contributed by atoms with Crippen LogP contribution in [0.5, 0.6) is 0 Å². The Hall–Kier alpha value is -4.30. The fourth-order valence-electron chi connectivity index (χ4n) is 4.13. The highest BCUT2D eigenvalue weighted by atomic mass is 19.1. The molecule has 0 unspecified atom stereocenters. The molecule has 12 nitrogen and oxygen atoms in total. The van der Waals surface area contributed by atoms with Crippen molar-refractivity contribution >= 4 is 35.4 Å². The summed E-state index contributed by atoms with van der Waals surface area (Å²) in [7, 11) is 0. The molecular weight excluding hydrogens is 522 g/mol. The van der Waals surface area contributed by atoms with Crippen LogP contribution in [0.2, 0.25) is 0 Å². The summed E-state index contributed by atoms with van der Waals surface area (Å²) in [6, 6.07) is 7.60. The Bertz CT molecular complexity index is 1290. The number of aliphatic hydroxyl groups is 2. The van der Waals surface area contributed by atoms with Gasteiger partial charge >= 0.3 is 12.2 Å². The lowest BCUT2D eigenvalue weighted by Crippen LogP contribution is -2.41. The van der Waals surface area contributed by atoms with Crippen molar-refractivity contribution in [3.8, 4) is 11.1 Å². The number of hydrogen-bond donors (Lipinski definition) is 4. The first-order chi connectivity index (χ1) is 18.6. The third kappa shape index (κ3) is 6.23. The third-order valence-electron chi connectivity index (χ3n) is 6.13. The highest BCUT2D eigenvalue weighted by Gasteiger charge is 2.34. The molecule has 0 spiro atoms. The molecule has 0 radical (unpaired) electrons. The molecule has 0 aliphatic carbocycles. The molecular formula is C25H26F2N4O8. The van der Waals surface area contributed by atoms with Gasteiger partial charge in [-0.25, -0.2) is 18.4 Å². The second kappa shape index (κ2) is 11.6. The summed E-state index contributed by atoms with van der Waals surface area (Å²) < 4.78 is 40.4. The van der Waals surface area contributed by atoms with E-state index in [0.717, 1.165) is 17.0 Å². The van der Waals surface area contributed by atoms with Crippen molar-refractivity contribution in [3.63, 3.8) is 0 Å². The second-order valence-electron chi connectivity index (χ2n) is 8.94. The number of cyclic esters (lactones) is 2. The predicted octanol–water partition coefficient (Wildman–Crippen LogP) is 0.888. The van der Waals surface area contributed by atoms with Gasteiger partial charge in [-0.05, 0) is 36.4 Å². The van der Waals surface area contributed by atoms with Gasteiger partial charge in [-0.2, -0.15) is 0 Å². The Morgan fingerprint density at radius 3 is 1.79 bits per heavy atom. The number of rotatable bonds is 9. The largest absolute Gasteiger partial charge is 0.442 e. The number of carbonyl (C=O) groups excluding carboxylic acids is 4. The van der Waals surface area contributed by atoms with Gasteiger partial charge in [0.1, 0.15) is 23.8 Å². The standard InChI is InChI=1S/C25H26F2N4O8/c1-13(33)28-8-16-10-30(24(36)38-16)14-2-4-18(20(26)6-14)19-5-3-15(7-21(19)27)31-11-17(39-25(31)37)9-29-23(35)22(34)12-32/h2-7,16-17,22,32,34H,8-12H2,1H3,(H,28,33)(H,29,35)/t16-,17-,22-/m0/s1. The van der Waals surface area contributed by atoms with E-state index in [4.69, 9.17) is 14.6 Å². The van der Waals surface area contributed by atoms with Crippen molar-refractivity contribution < 1.29 is 47.6 Å². The number of hydrogen-bond acceptors (Lipinski definition) is 8. The Morgan fingerprint density at radius 2 is 1.38 bits per heavy atom. The lowest BCUT2D eigenvalue weighted by atomic mass is 10.0. The van der Waals surface area contributed by atoms with Gasteiger partial charge in [0, 0.05) is 18.1 Å². The molecule has 0 aromatic heterocycles. The molecule has 0 bridgehead atoms. The number of benzene rings is 2. The van der Waals surface area contributed by atoms with Crippen molar-refractivity contribution in [1.82, 2.24) is 10.6 Å². The zero-order valence-electron chi connectivity index (χ0n) is 20.7. The van der Waals surface area contributed by atoms with E-state index >= 15 is 8.78 Å². The minimum atomic E-state index is -1.61. The van der Waals surface area contributed by atoms with Gasteiger partial charge in [0.2, 0.25) is 5.91 Å². The monoisotopic (exact) mass is 548 g/mol. The van der Waals surface area contributed by atoms with E-state index < -0.39 is 54.6 Å². The molecule has 3 atom stereocenters. The fourth-order valence-corrected chi connectivity index (χ4v) is 4.13. The van der Waals surface area contributed by atoms with Gasteiger partial charge < -0.3 is 30.3 Å². The van der Waals surface area contributed by atoms with Crippen molar-refractivity contribution in [2.45, 2.75) is 25.2 Å². The number of carbonyl (C=O) groups is 4. The van der Waals surface area contributed by atoms with Crippen LogP contribution in [-0.4, -0.2) is 85.3 Å². The summed E-state index contributed by atoms with van der Waals surface area (Å²) in [4.78, 5) is 49.5. The Morgan fingerprint density at radius 1 is 0.923 bits per heavy atom. The topological polar surface area (TPSA) is 158 Å². The first kappa shape index (κ1) is 27.7. The summed E-state index contributed by atoms with van der Waals surface area (Å²) in [5.74, 6) is -2.72. The number of ether oxygens (including phenoxy) is 2. The second-order valence-corrected chi connectivity index (χ2v) is 8.94. The van der Waals surface area contributed by atoms with Crippen LogP contribution in [0.15, 0.2) is 36.4 Å². The van der Waals surface area contributed by atoms with Crippen LogP contribution < -0.4 is 20.4 Å². The minimum Gasteiger partial charge on any atom is -0.442 e. The highest BCUT2D eigenvalue weighted by molar-refractivity contribution is 5.91. The van der Waals surface area contributed by atoms with Crippen molar-refractivity contribution in [3.05, 3.63) is 48.0 Å². The van der Waals surface area contributed by atoms with Crippen LogP contribution in [-0.2, 0) is 19.1 Å². The quantitative estimate of drug-likeness (QED) is 0.360. The van der Waals surface area contributed by atoms with E-state index in [2.05, 4.69) is 10.6 Å². The molecule has 2 aromatic rings. The van der Waals surface area contributed by atoms with E-state index in [0.29, 0.717) is 0 Å². The lowest BCUT2D eigenvalue weighted by Gasteiger charge is -2.16. The van der Waals surface area contributed by atoms with E-state index in [9.17, 15) is 24.3 Å². The van der Waals surface area contributed by atoms with Crippen LogP contribution in [0.3, 0.4) is 0 Å². The molecule has 2 saturated heterocycles. The Labute approximate surface area is 221 Å². The zero-order valence-corrected chi connectivity index (χ0v) is 20.7. The molecule has 39 heavy (non-hydrogen) atoms. The average Bonchev–Trinajstić information content (AvgIpc) is 3.47. The maximum Gasteiger partial charge on any atom is 0.414 e. The molecule has 14 heteroatoms. The number of nitrogens with one attached hydrogen (secondary N) is 2. The van der Waals surface area contributed by atoms with Crippen LogP contribution in [0.1, 0.15) is 6.92 Å². The number of nitrogens with zero attached hydrogens (tertiary/aromatic N) is 2. The molecule has 4 N–H and O–H groups in total. The minimum absolute atomic E-state index is 0.0228. The van der Waals surface area contributed by atoms with Gasteiger partial charge in [-0.3, -0.25) is 19.4 Å². The fraction of sp³-hybridized carbons (Fsp3) is 0.360. The molecule has 2 aliphatic heterocycles. The first-order valence-electron chi connectivity index (χ1n) is 11.9. The van der Waals surface area contributed by atoms with Crippen LogP contribution >= 0.6 is 0 Å². The summed E-state index contributed by atoms with van der Waals surface area (Å²) >= 11 is 0. The Balaban J connectivity index is 1.43. The average molecular weight is 548 g/mol. The molecule has 2 aromatic carbocycles. The van der Waals surface area contributed by atoms with Crippen LogP contribution in [0.25, 0.3) is 11.1 Å². The number of anilines is 2. The molecule has 2 fully saturated rings. The molecule has 4 amide bonds. The summed E-state index contributed by atoms with van der Waals surface area (Å²) in [5, 5.41) is 23.0. The van der Waals surface area contributed by atoms with E-state index in [-0.39, 0.29) is 54.6 Å². The van der Waals surface area contributed by atoms with Gasteiger partial charge in [-0.1, -0.05) is 0 Å². The van der Waals surface area contributed by atoms with Crippen molar-refractivity contribution in [2.24, 2.45) is 0 Å². The van der Waals surface area contributed by atoms with Gasteiger partial charge in [0.25, 0.3) is 5.91 Å². The highest BCUT2D eigenvalue weighted by Crippen LogP contribution is 2.33. The van der Waals surface area contributed by atoms with Gasteiger partial charge in [0.15, 0.2) is 6.10 Å². The smallest absolute Gasteiger partial charge is 0.414 e. The SMILES string of the molecule is CC(=O)NC[C@H]1CN(c2ccc(-c3ccc(N4C[C@H](CNC(=O)[C@@H](O)CO)OC4=O)cc3F)c(F)c2)C(=O)O1. The summed E-state index contributed by atoms with van der Waals surface area (Å²) in [6.45, 7) is 0.627. The number of amides is 4. The molecule has 2 heterocycles.